The number of benzene rings is 1. The van der Waals surface area contributed by atoms with Crippen molar-refractivity contribution in [3.63, 3.8) is 0 Å². The van der Waals surface area contributed by atoms with Crippen LogP contribution in [0.5, 0.6) is 0 Å². The Labute approximate surface area is 186 Å². The zero-order valence-corrected chi connectivity index (χ0v) is 17.8. The molecule has 1 aromatic carbocycles. The van der Waals surface area contributed by atoms with E-state index in [4.69, 9.17) is 4.74 Å². The topological polar surface area (TPSA) is 98.2 Å². The Morgan fingerprint density at radius 1 is 1.06 bits per heavy atom. The number of carbonyl (C=O) groups excluding carboxylic acids is 1. The summed E-state index contributed by atoms with van der Waals surface area (Å²) in [5.41, 5.74) is 1.80. The van der Waals surface area contributed by atoms with Gasteiger partial charge in [-0.2, -0.15) is 0 Å². The minimum atomic E-state index is -1.11. The molecule has 0 radical (unpaired) electrons. The highest BCUT2D eigenvalue weighted by Gasteiger charge is 2.43. The smallest absolute Gasteiger partial charge is 0.225 e. The van der Waals surface area contributed by atoms with Gasteiger partial charge in [0, 0.05) is 51.2 Å². The normalized spacial score (nSPS) is 25.8. The molecule has 2 aliphatic heterocycles. The van der Waals surface area contributed by atoms with Gasteiger partial charge in [-0.15, -0.1) is 0 Å². The number of carbonyl (C=O) groups is 1. The average Bonchev–Trinajstić information content (AvgIpc) is 3.08. The minimum Gasteiger partial charge on any atom is -0.388 e. The van der Waals surface area contributed by atoms with Crippen LogP contribution in [0.3, 0.4) is 0 Å². The number of pyridine rings is 1. The molecule has 1 aromatic heterocycles. The van der Waals surface area contributed by atoms with Gasteiger partial charge in [0.15, 0.2) is 0 Å². The van der Waals surface area contributed by atoms with Crippen molar-refractivity contribution in [1.82, 2.24) is 15.2 Å². The van der Waals surface area contributed by atoms with Gasteiger partial charge in [0.1, 0.15) is 18.0 Å². The average molecular weight is 445 g/mol. The number of amides is 1. The molecule has 4 atom stereocenters. The van der Waals surface area contributed by atoms with E-state index in [0.29, 0.717) is 39.3 Å². The number of aliphatic hydroxyl groups is 2. The Bertz CT molecular complexity index is 877. The number of nitrogens with one attached hydrogen (secondary N) is 1. The van der Waals surface area contributed by atoms with E-state index in [9.17, 15) is 19.4 Å². The first-order chi connectivity index (χ1) is 15.5. The summed E-state index contributed by atoms with van der Waals surface area (Å²) in [6.07, 6.45) is -1.77. The molecule has 2 fully saturated rings. The molecule has 2 saturated heterocycles. The largest absolute Gasteiger partial charge is 0.388 e. The highest BCUT2D eigenvalue weighted by atomic mass is 19.1. The second-order valence-corrected chi connectivity index (χ2v) is 8.19. The number of hydrogen-bond donors (Lipinski definition) is 3. The molecular formula is C23H29FN4O4. The second kappa shape index (κ2) is 10.4. The summed E-state index contributed by atoms with van der Waals surface area (Å²) in [7, 11) is 0. The summed E-state index contributed by atoms with van der Waals surface area (Å²) in [6.45, 7) is 3.23. The molecule has 3 N–H and O–H groups in total. The van der Waals surface area contributed by atoms with Crippen LogP contribution in [0.25, 0.3) is 0 Å². The summed E-state index contributed by atoms with van der Waals surface area (Å²) >= 11 is 0. The standard InChI is InChI=1S/C23H29FN4O4/c24-16-4-6-18(7-5-16)27-9-11-28(12-10-27)21(29)13-19-22(30)23(31)20(32-19)15-25-14-17-3-1-2-8-26-17/h1-8,19-20,22-23,25,30-31H,9-15H2/t19-,20+,22-,23+/m0/s1. The fourth-order valence-electron chi connectivity index (χ4n) is 4.18. The van der Waals surface area contributed by atoms with Gasteiger partial charge in [-0.05, 0) is 36.4 Å². The van der Waals surface area contributed by atoms with Crippen molar-refractivity contribution in [3.05, 3.63) is 60.2 Å². The third-order valence-corrected chi connectivity index (χ3v) is 6.04. The van der Waals surface area contributed by atoms with Crippen LogP contribution < -0.4 is 10.2 Å². The monoisotopic (exact) mass is 444 g/mol. The van der Waals surface area contributed by atoms with Gasteiger partial charge in [0.25, 0.3) is 0 Å². The summed E-state index contributed by atoms with van der Waals surface area (Å²) in [5, 5.41) is 23.9. The molecule has 2 aromatic rings. The van der Waals surface area contributed by atoms with Gasteiger partial charge in [-0.25, -0.2) is 4.39 Å². The first-order valence-corrected chi connectivity index (χ1v) is 10.9. The molecule has 3 heterocycles. The van der Waals surface area contributed by atoms with E-state index in [1.807, 2.05) is 18.2 Å². The van der Waals surface area contributed by atoms with Gasteiger partial charge < -0.3 is 30.1 Å². The summed E-state index contributed by atoms with van der Waals surface area (Å²) in [6, 6.07) is 12.0. The van der Waals surface area contributed by atoms with Crippen molar-refractivity contribution < 1.29 is 24.1 Å². The first kappa shape index (κ1) is 22.6. The number of rotatable bonds is 7. The van der Waals surface area contributed by atoms with Gasteiger partial charge in [0.05, 0.1) is 24.3 Å². The van der Waals surface area contributed by atoms with Gasteiger partial charge in [-0.1, -0.05) is 6.07 Å². The Balaban J connectivity index is 1.23. The maximum atomic E-state index is 13.1. The number of piperazine rings is 1. The number of aromatic nitrogens is 1. The molecule has 0 aliphatic carbocycles. The van der Waals surface area contributed by atoms with Crippen molar-refractivity contribution in [3.8, 4) is 0 Å². The zero-order chi connectivity index (χ0) is 22.5. The zero-order valence-electron chi connectivity index (χ0n) is 17.8. The lowest BCUT2D eigenvalue weighted by Crippen LogP contribution is -2.49. The number of nitrogens with zero attached hydrogens (tertiary/aromatic N) is 3. The molecule has 4 rings (SSSR count). The summed E-state index contributed by atoms with van der Waals surface area (Å²) in [5.74, 6) is -0.382. The lowest BCUT2D eigenvalue weighted by atomic mass is 10.0. The van der Waals surface area contributed by atoms with E-state index >= 15 is 0 Å². The van der Waals surface area contributed by atoms with Crippen LogP contribution >= 0.6 is 0 Å². The van der Waals surface area contributed by atoms with Crippen molar-refractivity contribution in [2.45, 2.75) is 37.4 Å². The van der Waals surface area contributed by atoms with Crippen LogP contribution in [-0.4, -0.2) is 83.1 Å². The van der Waals surface area contributed by atoms with Crippen LogP contribution in [0.15, 0.2) is 48.7 Å². The predicted octanol–water partition coefficient (Wildman–Crippen LogP) is 0.538. The van der Waals surface area contributed by atoms with Gasteiger partial charge in [-0.3, -0.25) is 9.78 Å². The SMILES string of the molecule is O=C(C[C@@H]1O[C@H](CNCc2ccccn2)[C@@H](O)[C@H]1O)N1CCN(c2ccc(F)cc2)CC1. The Morgan fingerprint density at radius 3 is 2.47 bits per heavy atom. The lowest BCUT2D eigenvalue weighted by molar-refractivity contribution is -0.135. The molecule has 8 nitrogen and oxygen atoms in total. The van der Waals surface area contributed by atoms with E-state index in [0.717, 1.165) is 11.4 Å². The highest BCUT2D eigenvalue weighted by molar-refractivity contribution is 5.77. The molecule has 0 unspecified atom stereocenters. The fraction of sp³-hybridized carbons (Fsp3) is 0.478. The van der Waals surface area contributed by atoms with Crippen molar-refractivity contribution in [2.75, 3.05) is 37.6 Å². The lowest BCUT2D eigenvalue weighted by Gasteiger charge is -2.36. The van der Waals surface area contributed by atoms with Crippen LogP contribution in [-0.2, 0) is 16.1 Å². The highest BCUT2D eigenvalue weighted by Crippen LogP contribution is 2.25. The van der Waals surface area contributed by atoms with Crippen molar-refractivity contribution >= 4 is 11.6 Å². The molecule has 0 bridgehead atoms. The van der Waals surface area contributed by atoms with Gasteiger partial charge in [0.2, 0.25) is 5.91 Å². The van der Waals surface area contributed by atoms with E-state index in [1.165, 1.54) is 12.1 Å². The van der Waals surface area contributed by atoms with Crippen molar-refractivity contribution in [2.24, 2.45) is 0 Å². The van der Waals surface area contributed by atoms with Crippen LogP contribution in [0.1, 0.15) is 12.1 Å². The second-order valence-electron chi connectivity index (χ2n) is 8.19. The van der Waals surface area contributed by atoms with Crippen LogP contribution in [0, 0.1) is 5.82 Å². The van der Waals surface area contributed by atoms with Crippen molar-refractivity contribution in [1.29, 1.82) is 0 Å². The van der Waals surface area contributed by atoms with Gasteiger partial charge >= 0.3 is 0 Å². The molecule has 1 amide bonds. The quantitative estimate of drug-likeness (QED) is 0.573. The maximum absolute atomic E-state index is 13.1. The molecule has 2 aliphatic rings. The number of ether oxygens (including phenoxy) is 1. The maximum Gasteiger partial charge on any atom is 0.225 e. The Hall–Kier alpha value is -2.59. The number of hydrogen-bond acceptors (Lipinski definition) is 7. The molecular weight excluding hydrogens is 415 g/mol. The molecule has 0 spiro atoms. The molecule has 0 saturated carbocycles. The third kappa shape index (κ3) is 5.42. The fourth-order valence-corrected chi connectivity index (χ4v) is 4.18. The summed E-state index contributed by atoms with van der Waals surface area (Å²) in [4.78, 5) is 20.8. The molecule has 9 heteroatoms. The van der Waals surface area contributed by atoms with E-state index in [-0.39, 0.29) is 18.1 Å². The first-order valence-electron chi connectivity index (χ1n) is 10.9. The van der Waals surface area contributed by atoms with E-state index < -0.39 is 24.4 Å². The molecule has 32 heavy (non-hydrogen) atoms. The van der Waals surface area contributed by atoms with Crippen LogP contribution in [0.4, 0.5) is 10.1 Å². The van der Waals surface area contributed by atoms with Crippen LogP contribution in [0.2, 0.25) is 0 Å². The Kier molecular flexibility index (Phi) is 7.31. The van der Waals surface area contributed by atoms with E-state index in [2.05, 4.69) is 15.2 Å². The number of halogens is 1. The Morgan fingerprint density at radius 2 is 1.78 bits per heavy atom. The minimum absolute atomic E-state index is 0.0194. The molecule has 172 valence electrons. The predicted molar refractivity (Wildman–Crippen MR) is 116 cm³/mol. The number of aliphatic hydroxyl groups excluding tert-OH is 2. The summed E-state index contributed by atoms with van der Waals surface area (Å²) < 4.78 is 18.9. The number of anilines is 1. The van der Waals surface area contributed by atoms with E-state index in [1.54, 1.807) is 23.2 Å². The third-order valence-electron chi connectivity index (χ3n) is 6.04.